The average molecular weight is 430 g/mol. The summed E-state index contributed by atoms with van der Waals surface area (Å²) in [6.07, 6.45) is 2.65. The summed E-state index contributed by atoms with van der Waals surface area (Å²) in [5.41, 5.74) is 1.61. The molecule has 156 valence electrons. The lowest BCUT2D eigenvalue weighted by Gasteiger charge is -2.26. The van der Waals surface area contributed by atoms with Crippen molar-refractivity contribution in [3.63, 3.8) is 0 Å². The van der Waals surface area contributed by atoms with Gasteiger partial charge in [0.15, 0.2) is 11.6 Å². The lowest BCUT2D eigenvalue weighted by molar-refractivity contribution is -0.154. The highest BCUT2D eigenvalue weighted by atomic mass is 35.5. The minimum atomic E-state index is -0.851. The third kappa shape index (κ3) is 3.45. The molecule has 0 spiro atoms. The highest BCUT2D eigenvalue weighted by Gasteiger charge is 2.31. The summed E-state index contributed by atoms with van der Waals surface area (Å²) in [4.78, 5) is 26.0. The SMILES string of the molecule is Cc1c(C(C)C(=O)OC2CCC2)c2cc(O)c(F)cc2n1C(=O)c1cccc(Cl)c1. The maximum Gasteiger partial charge on any atom is 0.313 e. The number of phenols is 1. The molecule has 2 aromatic carbocycles. The number of ether oxygens (including phenoxy) is 1. The number of hydrogen-bond acceptors (Lipinski definition) is 4. The summed E-state index contributed by atoms with van der Waals surface area (Å²) in [6, 6.07) is 8.81. The van der Waals surface area contributed by atoms with Crippen LogP contribution in [0.15, 0.2) is 36.4 Å². The Morgan fingerprint density at radius 3 is 2.63 bits per heavy atom. The Hall–Kier alpha value is -2.86. The summed E-state index contributed by atoms with van der Waals surface area (Å²) in [5.74, 6) is -2.89. The number of hydrogen-bond donors (Lipinski definition) is 1. The number of esters is 1. The average Bonchev–Trinajstić information content (AvgIpc) is 2.94. The molecule has 30 heavy (non-hydrogen) atoms. The maximum atomic E-state index is 14.2. The van der Waals surface area contributed by atoms with Gasteiger partial charge in [0.1, 0.15) is 6.10 Å². The molecular weight excluding hydrogens is 409 g/mol. The van der Waals surface area contributed by atoms with E-state index >= 15 is 0 Å². The molecule has 0 amide bonds. The van der Waals surface area contributed by atoms with E-state index in [1.807, 2.05) is 0 Å². The van der Waals surface area contributed by atoms with Crippen LogP contribution in [0.2, 0.25) is 5.02 Å². The summed E-state index contributed by atoms with van der Waals surface area (Å²) in [7, 11) is 0. The van der Waals surface area contributed by atoms with Crippen LogP contribution < -0.4 is 0 Å². The van der Waals surface area contributed by atoms with Crippen LogP contribution in [0.1, 0.15) is 53.7 Å². The van der Waals surface area contributed by atoms with Crippen molar-refractivity contribution in [1.29, 1.82) is 0 Å². The standard InChI is InChI=1S/C23H21ClFNO4/c1-12(23(29)30-16-7-4-8-16)21-13(2)26(19-11-18(25)20(27)10-17(19)21)22(28)14-5-3-6-15(24)9-14/h3,5-6,9-12,16,27H,4,7-8H2,1-2H3. The lowest BCUT2D eigenvalue weighted by atomic mass is 9.94. The number of aromatic nitrogens is 1. The second-order valence-corrected chi connectivity index (χ2v) is 8.12. The van der Waals surface area contributed by atoms with Crippen LogP contribution >= 0.6 is 11.6 Å². The van der Waals surface area contributed by atoms with Gasteiger partial charge >= 0.3 is 5.97 Å². The predicted molar refractivity (Wildman–Crippen MR) is 112 cm³/mol. The van der Waals surface area contributed by atoms with Crippen LogP contribution in [0.25, 0.3) is 10.9 Å². The van der Waals surface area contributed by atoms with Crippen molar-refractivity contribution in [2.75, 3.05) is 0 Å². The van der Waals surface area contributed by atoms with E-state index < -0.39 is 29.4 Å². The summed E-state index contributed by atoms with van der Waals surface area (Å²) < 4.78 is 21.1. The van der Waals surface area contributed by atoms with Gasteiger partial charge in [0, 0.05) is 27.7 Å². The van der Waals surface area contributed by atoms with Gasteiger partial charge < -0.3 is 9.84 Å². The van der Waals surface area contributed by atoms with E-state index in [-0.39, 0.29) is 11.6 Å². The van der Waals surface area contributed by atoms with Crippen molar-refractivity contribution in [1.82, 2.24) is 4.57 Å². The van der Waals surface area contributed by atoms with Gasteiger partial charge in [-0.25, -0.2) is 4.39 Å². The first-order valence-corrected chi connectivity index (χ1v) is 10.2. The van der Waals surface area contributed by atoms with Gasteiger partial charge in [-0.1, -0.05) is 17.7 Å². The molecule has 4 rings (SSSR count). The van der Waals surface area contributed by atoms with E-state index in [4.69, 9.17) is 16.3 Å². The van der Waals surface area contributed by atoms with E-state index in [9.17, 15) is 19.1 Å². The zero-order valence-corrected chi connectivity index (χ0v) is 17.4. The van der Waals surface area contributed by atoms with E-state index in [0.717, 1.165) is 25.3 Å². The summed E-state index contributed by atoms with van der Waals surface area (Å²) in [6.45, 7) is 3.39. The third-order valence-electron chi connectivity index (χ3n) is 5.72. The Morgan fingerprint density at radius 2 is 2.00 bits per heavy atom. The number of rotatable bonds is 4. The smallest absolute Gasteiger partial charge is 0.313 e. The molecule has 1 fully saturated rings. The fourth-order valence-corrected chi connectivity index (χ4v) is 4.07. The molecule has 0 saturated heterocycles. The van der Waals surface area contributed by atoms with Gasteiger partial charge in [0.2, 0.25) is 0 Å². The molecule has 0 aliphatic heterocycles. The first kappa shape index (κ1) is 20.4. The topological polar surface area (TPSA) is 68.5 Å². The fraction of sp³-hybridized carbons (Fsp3) is 0.304. The Kier molecular flexibility index (Phi) is 5.28. The van der Waals surface area contributed by atoms with Crippen LogP contribution in [-0.2, 0) is 9.53 Å². The number of nitrogens with zero attached hydrogens (tertiary/aromatic N) is 1. The fourth-order valence-electron chi connectivity index (χ4n) is 3.88. The van der Waals surface area contributed by atoms with E-state index in [1.165, 1.54) is 16.7 Å². The number of halogens is 2. The zero-order valence-electron chi connectivity index (χ0n) is 16.6. The first-order chi connectivity index (χ1) is 14.3. The molecular formula is C23H21ClFNO4. The van der Waals surface area contributed by atoms with Crippen molar-refractivity contribution in [2.24, 2.45) is 0 Å². The minimum absolute atomic E-state index is 0.0763. The molecule has 1 heterocycles. The molecule has 0 radical (unpaired) electrons. The number of aromatic hydroxyl groups is 1. The molecule has 1 atom stereocenters. The molecule has 1 aromatic heterocycles. The molecule has 3 aromatic rings. The molecule has 7 heteroatoms. The number of benzene rings is 2. The van der Waals surface area contributed by atoms with E-state index in [0.29, 0.717) is 27.2 Å². The molecule has 1 aliphatic rings. The van der Waals surface area contributed by atoms with Crippen LogP contribution in [0.4, 0.5) is 4.39 Å². The van der Waals surface area contributed by atoms with Gasteiger partial charge in [-0.2, -0.15) is 0 Å². The monoisotopic (exact) mass is 429 g/mol. The third-order valence-corrected chi connectivity index (χ3v) is 5.95. The minimum Gasteiger partial charge on any atom is -0.505 e. The highest BCUT2D eigenvalue weighted by molar-refractivity contribution is 6.31. The quantitative estimate of drug-likeness (QED) is 0.569. The Balaban J connectivity index is 1.86. The number of phenolic OH excluding ortho intramolecular Hbond substituents is 1. The second-order valence-electron chi connectivity index (χ2n) is 7.68. The maximum absolute atomic E-state index is 14.2. The number of carbonyl (C=O) groups excluding carboxylic acids is 2. The van der Waals surface area contributed by atoms with Crippen LogP contribution in [0.3, 0.4) is 0 Å². The normalized spacial score (nSPS) is 15.1. The van der Waals surface area contributed by atoms with Gasteiger partial charge in [-0.3, -0.25) is 14.2 Å². The predicted octanol–water partition coefficient (Wildman–Crippen LogP) is 5.34. The molecule has 1 aliphatic carbocycles. The lowest BCUT2D eigenvalue weighted by Crippen LogP contribution is -2.27. The Bertz CT molecular complexity index is 1170. The van der Waals surface area contributed by atoms with Crippen LogP contribution in [-0.4, -0.2) is 27.7 Å². The van der Waals surface area contributed by atoms with Crippen LogP contribution in [0.5, 0.6) is 5.75 Å². The van der Waals surface area contributed by atoms with Crippen LogP contribution in [0, 0.1) is 12.7 Å². The Morgan fingerprint density at radius 1 is 1.27 bits per heavy atom. The molecule has 1 N–H and O–H groups in total. The molecule has 1 unspecified atom stereocenters. The highest BCUT2D eigenvalue weighted by Crippen LogP contribution is 2.37. The van der Waals surface area contributed by atoms with Gasteiger partial charge in [0.05, 0.1) is 11.4 Å². The molecule has 0 bridgehead atoms. The van der Waals surface area contributed by atoms with Crippen molar-refractivity contribution in [3.8, 4) is 5.75 Å². The number of fused-ring (bicyclic) bond motifs is 1. The van der Waals surface area contributed by atoms with Gasteiger partial charge in [-0.15, -0.1) is 0 Å². The summed E-state index contributed by atoms with van der Waals surface area (Å²) >= 11 is 6.03. The molecule has 1 saturated carbocycles. The largest absolute Gasteiger partial charge is 0.505 e. The van der Waals surface area contributed by atoms with E-state index in [2.05, 4.69) is 0 Å². The second kappa shape index (κ2) is 7.76. The Labute approximate surface area is 178 Å². The first-order valence-electron chi connectivity index (χ1n) is 9.82. The van der Waals surface area contributed by atoms with Crippen molar-refractivity contribution >= 4 is 34.4 Å². The molecule has 5 nitrogen and oxygen atoms in total. The van der Waals surface area contributed by atoms with Gasteiger partial charge in [0.25, 0.3) is 5.91 Å². The zero-order chi connectivity index (χ0) is 21.6. The van der Waals surface area contributed by atoms with Crippen molar-refractivity contribution in [2.45, 2.75) is 45.1 Å². The van der Waals surface area contributed by atoms with Crippen molar-refractivity contribution < 1.29 is 23.8 Å². The van der Waals surface area contributed by atoms with Gasteiger partial charge in [-0.05, 0) is 62.9 Å². The van der Waals surface area contributed by atoms with Crippen molar-refractivity contribution in [3.05, 3.63) is 64.1 Å². The summed E-state index contributed by atoms with van der Waals surface area (Å²) in [5, 5.41) is 10.8. The number of carbonyl (C=O) groups is 2. The van der Waals surface area contributed by atoms with E-state index in [1.54, 1.807) is 32.0 Å².